The fraction of sp³-hybridized carbons (Fsp3) is 0.420. The molecule has 0 aliphatic rings. The number of carbonyl (C=O) groups excluding carboxylic acids is 3. The summed E-state index contributed by atoms with van der Waals surface area (Å²) < 4.78 is 6.33. The molecular formula is C50H62INO4. The Hall–Kier alpha value is -4.22. The smallest absolute Gasteiger partial charge is 0.408 e. The van der Waals surface area contributed by atoms with Gasteiger partial charge in [-0.25, -0.2) is 4.79 Å². The zero-order chi connectivity index (χ0) is 42.9. The van der Waals surface area contributed by atoms with Crippen LogP contribution in [0.5, 0.6) is 0 Å². The van der Waals surface area contributed by atoms with E-state index < -0.39 is 11.7 Å². The predicted octanol–water partition coefficient (Wildman–Crippen LogP) is 12.3. The third-order valence-corrected chi connectivity index (χ3v) is 13.5. The number of ether oxygens (including phenoxy) is 1. The van der Waals surface area contributed by atoms with Gasteiger partial charge in [0.05, 0.1) is 6.54 Å². The molecule has 0 spiro atoms. The summed E-state index contributed by atoms with van der Waals surface area (Å²) in [5, 5.41) is 2.65. The van der Waals surface area contributed by atoms with E-state index in [0.29, 0.717) is 11.1 Å². The normalized spacial score (nSPS) is 11.0. The first-order valence-corrected chi connectivity index (χ1v) is 20.4. The van der Waals surface area contributed by atoms with E-state index >= 15 is 0 Å². The molecule has 0 aromatic heterocycles. The van der Waals surface area contributed by atoms with E-state index in [1.54, 1.807) is 0 Å². The minimum Gasteiger partial charge on any atom is -0.444 e. The summed E-state index contributed by atoms with van der Waals surface area (Å²) in [6.07, 6.45) is -0.512. The fourth-order valence-electron chi connectivity index (χ4n) is 7.15. The molecule has 4 aromatic carbocycles. The van der Waals surface area contributed by atoms with Gasteiger partial charge in [0.15, 0.2) is 11.6 Å². The van der Waals surface area contributed by atoms with E-state index in [0.717, 1.165) is 70.3 Å². The lowest BCUT2D eigenvalue weighted by Gasteiger charge is -2.20. The van der Waals surface area contributed by atoms with Gasteiger partial charge in [-0.15, -0.1) is 0 Å². The number of benzene rings is 4. The highest BCUT2D eigenvalue weighted by Gasteiger charge is 2.25. The van der Waals surface area contributed by atoms with Crippen LogP contribution in [0.4, 0.5) is 4.79 Å². The fourth-order valence-corrected chi connectivity index (χ4v) is 7.96. The molecule has 6 heteroatoms. The number of carbonyl (C=O) groups is 3. The number of hydrogen-bond acceptors (Lipinski definition) is 4. The van der Waals surface area contributed by atoms with Gasteiger partial charge in [-0.05, 0) is 255 Å². The van der Waals surface area contributed by atoms with Crippen molar-refractivity contribution >= 4 is 40.3 Å². The zero-order valence-corrected chi connectivity index (χ0v) is 39.5. The Morgan fingerprint density at radius 3 is 1.30 bits per heavy atom. The first kappa shape index (κ1) is 46.2. The molecule has 0 aliphatic heterocycles. The van der Waals surface area contributed by atoms with E-state index in [2.05, 4.69) is 122 Å². The maximum absolute atomic E-state index is 13.9. The van der Waals surface area contributed by atoms with Crippen LogP contribution in [-0.4, -0.2) is 29.8 Å². The lowest BCUT2D eigenvalue weighted by Crippen LogP contribution is -2.32. The summed E-state index contributed by atoms with van der Waals surface area (Å²) in [4.78, 5) is 39.1. The average molecular weight is 868 g/mol. The van der Waals surface area contributed by atoms with E-state index in [9.17, 15) is 14.4 Å². The number of halogens is 1. The number of amides is 1. The minimum absolute atomic E-state index is 0.00759. The highest BCUT2D eigenvalue weighted by molar-refractivity contribution is 14.1. The van der Waals surface area contributed by atoms with Crippen LogP contribution in [0, 0.1) is 126 Å². The Labute approximate surface area is 351 Å². The Morgan fingerprint density at radius 1 is 0.536 bits per heavy atom. The molecule has 0 bridgehead atoms. The van der Waals surface area contributed by atoms with Crippen LogP contribution in [-0.2, 0) is 4.74 Å². The van der Waals surface area contributed by atoms with E-state index in [4.69, 9.17) is 4.74 Å². The van der Waals surface area contributed by atoms with Crippen molar-refractivity contribution in [1.82, 2.24) is 5.32 Å². The molecule has 298 valence electrons. The van der Waals surface area contributed by atoms with Gasteiger partial charge in [0.25, 0.3) is 0 Å². The van der Waals surface area contributed by atoms with Gasteiger partial charge in [-0.3, -0.25) is 9.59 Å². The van der Waals surface area contributed by atoms with Crippen molar-refractivity contribution in [2.45, 2.75) is 137 Å². The maximum atomic E-state index is 13.9. The zero-order valence-electron chi connectivity index (χ0n) is 37.4. The second-order valence-electron chi connectivity index (χ2n) is 16.5. The van der Waals surface area contributed by atoms with Crippen molar-refractivity contribution in [3.05, 3.63) is 133 Å². The molecular weight excluding hydrogens is 805 g/mol. The summed E-state index contributed by atoms with van der Waals surface area (Å²) >= 11 is 2.32. The highest BCUT2D eigenvalue weighted by atomic mass is 127. The number of hydrogen-bond donors (Lipinski definition) is 1. The van der Waals surface area contributed by atoms with Crippen molar-refractivity contribution < 1.29 is 19.1 Å². The molecule has 0 saturated heterocycles. The third-order valence-electron chi connectivity index (χ3n) is 12.1. The lowest BCUT2D eigenvalue weighted by atomic mass is 9.83. The second-order valence-corrected chi connectivity index (χ2v) is 17.6. The average Bonchev–Trinajstić information content (AvgIpc) is 3.12. The number of nitrogens with one attached hydrogen (secondary N) is 1. The van der Waals surface area contributed by atoms with Crippen molar-refractivity contribution in [2.24, 2.45) is 0 Å². The first-order chi connectivity index (χ1) is 25.8. The van der Waals surface area contributed by atoms with Crippen LogP contribution in [0.1, 0.15) is 147 Å². The van der Waals surface area contributed by atoms with Gasteiger partial charge < -0.3 is 10.1 Å². The van der Waals surface area contributed by atoms with Gasteiger partial charge in [-0.1, -0.05) is 11.8 Å². The third kappa shape index (κ3) is 9.48. The molecule has 1 amide bonds. The Kier molecular flexibility index (Phi) is 14.8. The Morgan fingerprint density at radius 2 is 0.893 bits per heavy atom. The number of ketones is 2. The van der Waals surface area contributed by atoms with Crippen LogP contribution in [0.2, 0.25) is 0 Å². The molecule has 0 unspecified atom stereocenters. The standard InChI is InChI=1S/C29H37NO3.C21H25IO/c1-16-15-25(27(31)26-22(7)19(4)18(3)20(5)23(26)8)24(21(6)17(16)2)13-12-14-30-28(32)33-29(9,10)11;1-10-9-18(20(22)17(8)11(10)2)21(23)19-15(6)13(4)12(3)14(5)16(19)7/h15H,14H2,1-11H3,(H,30,32);9H,1-8H3. The topological polar surface area (TPSA) is 72.5 Å². The van der Waals surface area contributed by atoms with Gasteiger partial charge in [0, 0.05) is 31.4 Å². The molecule has 1 N–H and O–H groups in total. The first-order valence-electron chi connectivity index (χ1n) is 19.3. The SMILES string of the molecule is Cc1cc(C(=O)c2c(C)c(C)c(C)c(C)c2C)c(C#CCNC(=O)OC(C)(C)C)c(C)c1C.Cc1cc(C(=O)c2c(C)c(C)c(C)c(C)c2C)c(I)c(C)c1C. The highest BCUT2D eigenvalue weighted by Crippen LogP contribution is 2.33. The number of aryl methyl sites for hydroxylation is 2. The van der Waals surface area contributed by atoms with Crippen LogP contribution in [0.15, 0.2) is 12.1 Å². The molecule has 5 nitrogen and oxygen atoms in total. The summed E-state index contributed by atoms with van der Waals surface area (Å²) in [7, 11) is 0. The summed E-state index contributed by atoms with van der Waals surface area (Å²) in [6.45, 7) is 38.7. The van der Waals surface area contributed by atoms with Gasteiger partial charge in [0.2, 0.25) is 0 Å². The Balaban J connectivity index is 0.000000320. The minimum atomic E-state index is -0.568. The second kappa shape index (κ2) is 17.9. The van der Waals surface area contributed by atoms with Crippen molar-refractivity contribution in [1.29, 1.82) is 0 Å². The lowest BCUT2D eigenvalue weighted by molar-refractivity contribution is 0.0534. The van der Waals surface area contributed by atoms with Crippen molar-refractivity contribution in [3.8, 4) is 11.8 Å². The molecule has 4 aromatic rings. The summed E-state index contributed by atoms with van der Waals surface area (Å²) in [5.41, 5.74) is 21.6. The number of alkyl carbamates (subject to hydrolysis) is 1. The van der Waals surface area contributed by atoms with Crippen LogP contribution < -0.4 is 5.32 Å². The predicted molar refractivity (Wildman–Crippen MR) is 242 cm³/mol. The van der Waals surface area contributed by atoms with Gasteiger partial charge >= 0.3 is 6.09 Å². The molecule has 0 fully saturated rings. The monoisotopic (exact) mass is 867 g/mol. The van der Waals surface area contributed by atoms with Gasteiger partial charge in [-0.2, -0.15) is 0 Å². The van der Waals surface area contributed by atoms with E-state index in [1.165, 1.54) is 38.9 Å². The summed E-state index contributed by atoms with van der Waals surface area (Å²) in [6, 6.07) is 4.00. The maximum Gasteiger partial charge on any atom is 0.408 e. The van der Waals surface area contributed by atoms with Crippen LogP contribution in [0.3, 0.4) is 0 Å². The largest absolute Gasteiger partial charge is 0.444 e. The van der Waals surface area contributed by atoms with E-state index in [-0.39, 0.29) is 18.1 Å². The van der Waals surface area contributed by atoms with Crippen LogP contribution in [0.25, 0.3) is 0 Å². The molecule has 4 rings (SSSR count). The van der Waals surface area contributed by atoms with Gasteiger partial charge in [0.1, 0.15) is 5.60 Å². The molecule has 0 radical (unpaired) electrons. The van der Waals surface area contributed by atoms with E-state index in [1.807, 2.05) is 61.5 Å². The number of rotatable bonds is 5. The molecule has 56 heavy (non-hydrogen) atoms. The van der Waals surface area contributed by atoms with Crippen molar-refractivity contribution in [2.75, 3.05) is 6.54 Å². The summed E-state index contributed by atoms with van der Waals surface area (Å²) in [5.74, 6) is 6.30. The van der Waals surface area contributed by atoms with Crippen molar-refractivity contribution in [3.63, 3.8) is 0 Å². The van der Waals surface area contributed by atoms with Crippen LogP contribution >= 0.6 is 22.6 Å². The molecule has 0 atom stereocenters. The molecule has 0 aliphatic carbocycles. The molecule has 0 heterocycles. The molecule has 0 saturated carbocycles. The Bertz CT molecular complexity index is 2280. The quantitative estimate of drug-likeness (QED) is 0.123.